The first-order valence-corrected chi connectivity index (χ1v) is 8.95. The number of carboxylic acid groups (broad SMARTS) is 1. The molecule has 0 bridgehead atoms. The number of carboxylic acids is 1. The number of aliphatic carboxylic acids is 1. The Balaban J connectivity index is 1.87. The SMILES string of the molecule is O=C(O)C[C@H](NC(=O)c1cc(=O)n(-c2cccc(Cl)c2)[nH]1)c1cccc(Cl)c1. The van der Waals surface area contributed by atoms with Gasteiger partial charge in [0.15, 0.2) is 0 Å². The van der Waals surface area contributed by atoms with Gasteiger partial charge in [0.25, 0.3) is 11.5 Å². The first-order valence-electron chi connectivity index (χ1n) is 8.19. The zero-order chi connectivity index (χ0) is 20.3. The molecule has 0 saturated heterocycles. The van der Waals surface area contributed by atoms with Gasteiger partial charge in [0, 0.05) is 16.1 Å². The smallest absolute Gasteiger partial charge is 0.305 e. The molecule has 28 heavy (non-hydrogen) atoms. The maximum Gasteiger partial charge on any atom is 0.305 e. The van der Waals surface area contributed by atoms with Crippen LogP contribution in [-0.2, 0) is 4.79 Å². The normalized spacial score (nSPS) is 11.8. The molecule has 0 aliphatic carbocycles. The van der Waals surface area contributed by atoms with Gasteiger partial charge in [-0.1, -0.05) is 41.4 Å². The van der Waals surface area contributed by atoms with E-state index in [1.54, 1.807) is 48.5 Å². The Labute approximate surface area is 169 Å². The standard InChI is InChI=1S/C19H15Cl2N3O4/c20-12-4-1-3-11(7-12)15(10-18(26)27)22-19(28)16-9-17(25)24(23-16)14-6-2-5-13(21)8-14/h1-9,15,23H,10H2,(H,22,28)(H,26,27)/t15-/m0/s1. The molecule has 1 heterocycles. The largest absolute Gasteiger partial charge is 0.481 e. The van der Waals surface area contributed by atoms with Gasteiger partial charge < -0.3 is 10.4 Å². The van der Waals surface area contributed by atoms with Gasteiger partial charge in [0.2, 0.25) is 0 Å². The fourth-order valence-electron chi connectivity index (χ4n) is 2.71. The lowest BCUT2D eigenvalue weighted by atomic mass is 10.0. The van der Waals surface area contributed by atoms with Crippen LogP contribution in [0.1, 0.15) is 28.5 Å². The predicted molar refractivity (Wildman–Crippen MR) is 105 cm³/mol. The number of benzene rings is 2. The number of aromatic amines is 1. The number of hydrogen-bond acceptors (Lipinski definition) is 3. The predicted octanol–water partition coefficient (Wildman–Crippen LogP) is 3.42. The average Bonchev–Trinajstić information content (AvgIpc) is 3.03. The maximum absolute atomic E-state index is 12.6. The number of aromatic nitrogens is 2. The summed E-state index contributed by atoms with van der Waals surface area (Å²) in [4.78, 5) is 36.0. The molecule has 9 heteroatoms. The second-order valence-corrected chi connectivity index (χ2v) is 6.88. The fourth-order valence-corrected chi connectivity index (χ4v) is 3.09. The molecule has 0 aliphatic rings. The van der Waals surface area contributed by atoms with Crippen LogP contribution in [0, 0.1) is 0 Å². The van der Waals surface area contributed by atoms with Crippen LogP contribution in [0.3, 0.4) is 0 Å². The van der Waals surface area contributed by atoms with E-state index in [1.807, 2.05) is 0 Å². The quantitative estimate of drug-likeness (QED) is 0.569. The van der Waals surface area contributed by atoms with E-state index in [0.717, 1.165) is 6.07 Å². The van der Waals surface area contributed by atoms with Crippen molar-refractivity contribution in [3.05, 3.63) is 86.3 Å². The maximum atomic E-state index is 12.6. The number of hydrogen-bond donors (Lipinski definition) is 3. The van der Waals surface area contributed by atoms with Crippen molar-refractivity contribution in [2.24, 2.45) is 0 Å². The van der Waals surface area contributed by atoms with Crippen LogP contribution in [0.25, 0.3) is 5.69 Å². The third kappa shape index (κ3) is 4.62. The highest BCUT2D eigenvalue weighted by molar-refractivity contribution is 6.31. The highest BCUT2D eigenvalue weighted by Gasteiger charge is 2.21. The van der Waals surface area contributed by atoms with Crippen LogP contribution in [0.2, 0.25) is 10.0 Å². The van der Waals surface area contributed by atoms with E-state index in [2.05, 4.69) is 10.4 Å². The van der Waals surface area contributed by atoms with E-state index in [-0.39, 0.29) is 12.1 Å². The Morgan fingerprint density at radius 3 is 2.39 bits per heavy atom. The van der Waals surface area contributed by atoms with Crippen LogP contribution < -0.4 is 10.9 Å². The van der Waals surface area contributed by atoms with E-state index in [4.69, 9.17) is 28.3 Å². The molecule has 0 aliphatic heterocycles. The van der Waals surface area contributed by atoms with Crippen molar-refractivity contribution in [3.8, 4) is 5.69 Å². The van der Waals surface area contributed by atoms with Crippen molar-refractivity contribution in [1.82, 2.24) is 15.1 Å². The van der Waals surface area contributed by atoms with Crippen LogP contribution >= 0.6 is 23.2 Å². The van der Waals surface area contributed by atoms with Crippen molar-refractivity contribution in [2.75, 3.05) is 0 Å². The summed E-state index contributed by atoms with van der Waals surface area (Å²) in [7, 11) is 0. The number of amides is 1. The van der Waals surface area contributed by atoms with E-state index in [1.165, 1.54) is 4.68 Å². The molecule has 0 spiro atoms. The minimum atomic E-state index is -1.09. The third-order valence-electron chi connectivity index (χ3n) is 3.97. The van der Waals surface area contributed by atoms with Crippen molar-refractivity contribution in [2.45, 2.75) is 12.5 Å². The summed E-state index contributed by atoms with van der Waals surface area (Å²) in [5, 5.41) is 15.3. The molecule has 1 aromatic heterocycles. The van der Waals surface area contributed by atoms with Crippen LogP contribution in [0.15, 0.2) is 59.4 Å². The van der Waals surface area contributed by atoms with Crippen molar-refractivity contribution in [3.63, 3.8) is 0 Å². The van der Waals surface area contributed by atoms with Crippen LogP contribution in [0.4, 0.5) is 0 Å². The van der Waals surface area contributed by atoms with Crippen molar-refractivity contribution < 1.29 is 14.7 Å². The van der Waals surface area contributed by atoms with Gasteiger partial charge in [-0.15, -0.1) is 0 Å². The van der Waals surface area contributed by atoms with Crippen LogP contribution in [-0.4, -0.2) is 26.8 Å². The fraction of sp³-hybridized carbons (Fsp3) is 0.105. The Kier molecular flexibility index (Phi) is 5.87. The first kappa shape index (κ1) is 19.7. The van der Waals surface area contributed by atoms with E-state index < -0.39 is 23.5 Å². The van der Waals surface area contributed by atoms with Crippen molar-refractivity contribution >= 4 is 35.1 Å². The lowest BCUT2D eigenvalue weighted by molar-refractivity contribution is -0.137. The Bertz CT molecular complexity index is 1090. The first-order chi connectivity index (χ1) is 13.3. The Hall–Kier alpha value is -3.03. The monoisotopic (exact) mass is 419 g/mol. The molecular formula is C19H15Cl2N3O4. The summed E-state index contributed by atoms with van der Waals surface area (Å²) in [6.45, 7) is 0. The molecule has 0 radical (unpaired) electrons. The summed E-state index contributed by atoms with van der Waals surface area (Å²) >= 11 is 11.9. The number of carbonyl (C=O) groups is 2. The summed E-state index contributed by atoms with van der Waals surface area (Å²) in [6, 6.07) is 13.4. The van der Waals surface area contributed by atoms with E-state index in [0.29, 0.717) is 21.3 Å². The molecule has 0 saturated carbocycles. The average molecular weight is 420 g/mol. The zero-order valence-corrected chi connectivity index (χ0v) is 15.9. The molecule has 7 nitrogen and oxygen atoms in total. The molecule has 3 aromatic rings. The number of H-pyrrole nitrogens is 1. The second kappa shape index (κ2) is 8.33. The second-order valence-electron chi connectivity index (χ2n) is 6.00. The number of carbonyl (C=O) groups excluding carboxylic acids is 1. The van der Waals surface area contributed by atoms with Gasteiger partial charge in [0.05, 0.1) is 18.2 Å². The highest BCUT2D eigenvalue weighted by atomic mass is 35.5. The Morgan fingerprint density at radius 2 is 1.75 bits per heavy atom. The summed E-state index contributed by atoms with van der Waals surface area (Å²) in [5.74, 6) is -1.71. The number of nitrogens with zero attached hydrogens (tertiary/aromatic N) is 1. The Morgan fingerprint density at radius 1 is 1.07 bits per heavy atom. The van der Waals surface area contributed by atoms with E-state index >= 15 is 0 Å². The van der Waals surface area contributed by atoms with Gasteiger partial charge in [-0.05, 0) is 35.9 Å². The minimum Gasteiger partial charge on any atom is -0.481 e. The van der Waals surface area contributed by atoms with Crippen molar-refractivity contribution in [1.29, 1.82) is 0 Å². The molecule has 1 atom stereocenters. The summed E-state index contributed by atoms with van der Waals surface area (Å²) in [5.41, 5.74) is 0.542. The number of halogens is 2. The number of rotatable bonds is 6. The molecule has 0 fully saturated rings. The summed E-state index contributed by atoms with van der Waals surface area (Å²) in [6.07, 6.45) is -0.342. The van der Waals surface area contributed by atoms with Gasteiger partial charge in [0.1, 0.15) is 5.69 Å². The number of nitrogens with one attached hydrogen (secondary N) is 2. The van der Waals surface area contributed by atoms with Gasteiger partial charge in [-0.25, -0.2) is 4.68 Å². The molecule has 2 aromatic carbocycles. The lowest BCUT2D eigenvalue weighted by Gasteiger charge is -2.17. The molecule has 3 N–H and O–H groups in total. The van der Waals surface area contributed by atoms with Gasteiger partial charge in [-0.2, -0.15) is 0 Å². The molecule has 144 valence electrons. The van der Waals surface area contributed by atoms with Gasteiger partial charge in [-0.3, -0.25) is 19.5 Å². The third-order valence-corrected chi connectivity index (χ3v) is 4.44. The lowest BCUT2D eigenvalue weighted by Crippen LogP contribution is -2.30. The van der Waals surface area contributed by atoms with Crippen LogP contribution in [0.5, 0.6) is 0 Å². The van der Waals surface area contributed by atoms with Gasteiger partial charge >= 0.3 is 5.97 Å². The minimum absolute atomic E-state index is 0.0117. The summed E-state index contributed by atoms with van der Waals surface area (Å²) < 4.78 is 1.17. The highest BCUT2D eigenvalue weighted by Crippen LogP contribution is 2.21. The topological polar surface area (TPSA) is 104 Å². The molecule has 0 unspecified atom stereocenters. The molecule has 1 amide bonds. The molecular weight excluding hydrogens is 405 g/mol. The zero-order valence-electron chi connectivity index (χ0n) is 14.4. The molecule has 3 rings (SSSR count). The van der Waals surface area contributed by atoms with E-state index in [9.17, 15) is 14.4 Å².